The maximum Gasteiger partial charge on any atom is 0.419 e. The van der Waals surface area contributed by atoms with Crippen LogP contribution in [0.1, 0.15) is 24.7 Å². The van der Waals surface area contributed by atoms with Crippen molar-refractivity contribution in [2.75, 3.05) is 0 Å². The number of alkyl halides is 3. The molecule has 1 N–H and O–H groups in total. The van der Waals surface area contributed by atoms with Crippen molar-refractivity contribution in [1.82, 2.24) is 0 Å². The van der Waals surface area contributed by atoms with Crippen LogP contribution >= 0.6 is 0 Å². The van der Waals surface area contributed by atoms with Crippen molar-refractivity contribution >= 4 is 12.0 Å². The fourth-order valence-corrected chi connectivity index (χ4v) is 2.00. The number of aliphatic carboxylic acids is 1. The minimum Gasteiger partial charge on any atom is -0.478 e. The topological polar surface area (TPSA) is 50.4 Å². The molecule has 122 valence electrons. The number of benzene rings is 1. The van der Waals surface area contributed by atoms with Gasteiger partial charge >= 0.3 is 12.1 Å². The van der Waals surface area contributed by atoms with Gasteiger partial charge in [0.1, 0.15) is 17.3 Å². The first kappa shape index (κ1) is 16.8. The molecule has 2 aromatic rings. The summed E-state index contributed by atoms with van der Waals surface area (Å²) in [4.78, 5) is 10.9. The summed E-state index contributed by atoms with van der Waals surface area (Å²) in [7, 11) is 0. The summed E-state index contributed by atoms with van der Waals surface area (Å²) in [6.45, 7) is 1.64. The van der Waals surface area contributed by atoms with Gasteiger partial charge in [0, 0.05) is 5.57 Å². The molecule has 0 aliphatic carbocycles. The maximum atomic E-state index is 14.0. The van der Waals surface area contributed by atoms with E-state index in [4.69, 9.17) is 9.52 Å². The lowest BCUT2D eigenvalue weighted by Gasteiger charge is -2.09. The van der Waals surface area contributed by atoms with E-state index in [9.17, 15) is 22.4 Å². The van der Waals surface area contributed by atoms with Crippen LogP contribution in [0, 0.1) is 5.82 Å². The number of rotatable bonds is 4. The lowest BCUT2D eigenvalue weighted by atomic mass is 10.1. The molecule has 0 aliphatic rings. The average Bonchev–Trinajstić information content (AvgIpc) is 2.91. The van der Waals surface area contributed by atoms with Crippen molar-refractivity contribution in [2.24, 2.45) is 0 Å². The molecule has 0 spiro atoms. The molecule has 0 fully saturated rings. The molecule has 7 heteroatoms. The first-order valence-corrected chi connectivity index (χ1v) is 6.63. The van der Waals surface area contributed by atoms with Crippen molar-refractivity contribution in [3.8, 4) is 11.3 Å². The Kier molecular flexibility index (Phi) is 4.58. The molecule has 1 aromatic carbocycles. The minimum absolute atomic E-state index is 0.0652. The monoisotopic (exact) mass is 328 g/mol. The SMILES string of the molecule is CCC(=Cc1ccc(-c2cccc(C(F)(F)F)c2F)o1)C(=O)O. The van der Waals surface area contributed by atoms with Crippen LogP contribution in [-0.2, 0) is 11.0 Å². The smallest absolute Gasteiger partial charge is 0.419 e. The van der Waals surface area contributed by atoms with Crippen molar-refractivity contribution in [3.05, 3.63) is 53.0 Å². The van der Waals surface area contributed by atoms with Crippen LogP contribution < -0.4 is 0 Å². The molecule has 0 bridgehead atoms. The second-order valence-corrected chi connectivity index (χ2v) is 4.70. The van der Waals surface area contributed by atoms with Crippen LogP contribution in [0.3, 0.4) is 0 Å². The third kappa shape index (κ3) is 3.61. The van der Waals surface area contributed by atoms with E-state index in [-0.39, 0.29) is 29.1 Å². The highest BCUT2D eigenvalue weighted by atomic mass is 19.4. The van der Waals surface area contributed by atoms with E-state index >= 15 is 0 Å². The van der Waals surface area contributed by atoms with Gasteiger partial charge in [-0.15, -0.1) is 0 Å². The summed E-state index contributed by atoms with van der Waals surface area (Å²) in [5, 5.41) is 8.93. The molecular formula is C16H12F4O3. The number of halogens is 4. The van der Waals surface area contributed by atoms with Crippen LogP contribution in [-0.4, -0.2) is 11.1 Å². The van der Waals surface area contributed by atoms with Gasteiger partial charge in [-0.2, -0.15) is 13.2 Å². The standard InChI is InChI=1S/C16H12F4O3/c1-2-9(15(21)22)8-10-6-7-13(23-10)11-4-3-5-12(14(11)17)16(18,19)20/h3-8H,2H2,1H3,(H,21,22). The van der Waals surface area contributed by atoms with E-state index < -0.39 is 23.5 Å². The number of furan rings is 1. The molecule has 0 saturated heterocycles. The summed E-state index contributed by atoms with van der Waals surface area (Å²) < 4.78 is 57.4. The number of carbonyl (C=O) groups is 1. The average molecular weight is 328 g/mol. The first-order valence-electron chi connectivity index (χ1n) is 6.63. The Morgan fingerprint density at radius 3 is 2.52 bits per heavy atom. The fourth-order valence-electron chi connectivity index (χ4n) is 2.00. The van der Waals surface area contributed by atoms with E-state index in [0.717, 1.165) is 12.1 Å². The van der Waals surface area contributed by atoms with Gasteiger partial charge in [-0.3, -0.25) is 0 Å². The van der Waals surface area contributed by atoms with Gasteiger partial charge < -0.3 is 9.52 Å². The molecule has 1 heterocycles. The maximum absolute atomic E-state index is 14.0. The molecule has 0 saturated carbocycles. The van der Waals surface area contributed by atoms with Gasteiger partial charge in [0.2, 0.25) is 0 Å². The zero-order valence-electron chi connectivity index (χ0n) is 11.9. The van der Waals surface area contributed by atoms with Crippen LogP contribution in [0.5, 0.6) is 0 Å². The van der Waals surface area contributed by atoms with Crippen LogP contribution in [0.4, 0.5) is 17.6 Å². The van der Waals surface area contributed by atoms with Crippen LogP contribution in [0.15, 0.2) is 40.3 Å². The van der Waals surface area contributed by atoms with Crippen molar-refractivity contribution in [3.63, 3.8) is 0 Å². The minimum atomic E-state index is -4.81. The Morgan fingerprint density at radius 2 is 1.96 bits per heavy atom. The predicted molar refractivity (Wildman–Crippen MR) is 75.0 cm³/mol. The molecule has 0 aliphatic heterocycles. The lowest BCUT2D eigenvalue weighted by molar-refractivity contribution is -0.140. The molecular weight excluding hydrogens is 316 g/mol. The first-order chi connectivity index (χ1) is 10.7. The molecule has 23 heavy (non-hydrogen) atoms. The molecule has 0 atom stereocenters. The van der Waals surface area contributed by atoms with E-state index in [0.29, 0.717) is 6.07 Å². The second-order valence-electron chi connectivity index (χ2n) is 4.70. The zero-order valence-corrected chi connectivity index (χ0v) is 11.9. The van der Waals surface area contributed by atoms with E-state index in [1.165, 1.54) is 18.2 Å². The molecule has 0 unspecified atom stereocenters. The third-order valence-corrected chi connectivity index (χ3v) is 3.17. The highest BCUT2D eigenvalue weighted by Gasteiger charge is 2.35. The molecule has 0 radical (unpaired) electrons. The zero-order chi connectivity index (χ0) is 17.2. The number of carboxylic acids is 1. The number of carboxylic acid groups (broad SMARTS) is 1. The van der Waals surface area contributed by atoms with Crippen molar-refractivity contribution < 1.29 is 31.9 Å². The quantitative estimate of drug-likeness (QED) is 0.636. The predicted octanol–water partition coefficient (Wildman–Crippen LogP) is 4.98. The molecule has 3 nitrogen and oxygen atoms in total. The van der Waals surface area contributed by atoms with E-state index in [1.54, 1.807) is 6.92 Å². The van der Waals surface area contributed by atoms with E-state index in [2.05, 4.69) is 0 Å². The Hall–Kier alpha value is -2.57. The number of hydrogen-bond acceptors (Lipinski definition) is 2. The summed E-state index contributed by atoms with van der Waals surface area (Å²) in [6, 6.07) is 5.54. The number of hydrogen-bond donors (Lipinski definition) is 1. The van der Waals surface area contributed by atoms with Crippen molar-refractivity contribution in [1.29, 1.82) is 0 Å². The van der Waals surface area contributed by atoms with Gasteiger partial charge in [0.05, 0.1) is 11.1 Å². The van der Waals surface area contributed by atoms with Gasteiger partial charge in [-0.1, -0.05) is 13.0 Å². The fraction of sp³-hybridized carbons (Fsp3) is 0.188. The van der Waals surface area contributed by atoms with Crippen molar-refractivity contribution in [2.45, 2.75) is 19.5 Å². The molecule has 1 aromatic heterocycles. The molecule has 2 rings (SSSR count). The third-order valence-electron chi connectivity index (χ3n) is 3.17. The largest absolute Gasteiger partial charge is 0.478 e. The lowest BCUT2D eigenvalue weighted by Crippen LogP contribution is -2.08. The van der Waals surface area contributed by atoms with Gasteiger partial charge in [0.25, 0.3) is 0 Å². The summed E-state index contributed by atoms with van der Waals surface area (Å²) in [5.41, 5.74) is -1.66. The summed E-state index contributed by atoms with van der Waals surface area (Å²) in [6.07, 6.45) is -3.32. The molecule has 0 amide bonds. The van der Waals surface area contributed by atoms with Gasteiger partial charge in [-0.05, 0) is 36.8 Å². The van der Waals surface area contributed by atoms with Crippen LogP contribution in [0.2, 0.25) is 0 Å². The second kappa shape index (κ2) is 6.28. The Balaban J connectivity index is 2.44. The Labute approximate surface area is 128 Å². The Bertz CT molecular complexity index is 757. The summed E-state index contributed by atoms with van der Waals surface area (Å²) >= 11 is 0. The van der Waals surface area contributed by atoms with Gasteiger partial charge in [-0.25, -0.2) is 9.18 Å². The highest BCUT2D eigenvalue weighted by Crippen LogP contribution is 2.36. The normalized spacial score (nSPS) is 12.5. The van der Waals surface area contributed by atoms with Crippen LogP contribution in [0.25, 0.3) is 17.4 Å². The Morgan fingerprint density at radius 1 is 1.26 bits per heavy atom. The van der Waals surface area contributed by atoms with Gasteiger partial charge in [0.15, 0.2) is 0 Å². The summed E-state index contributed by atoms with van der Waals surface area (Å²) in [5.74, 6) is -2.55. The highest BCUT2D eigenvalue weighted by molar-refractivity contribution is 5.91. The van der Waals surface area contributed by atoms with E-state index in [1.807, 2.05) is 0 Å².